The maximum Gasteiger partial charge on any atom is 0.252 e. The Bertz CT molecular complexity index is 1280. The van der Waals surface area contributed by atoms with E-state index in [2.05, 4.69) is 15.2 Å². The second-order valence-electron chi connectivity index (χ2n) is 8.23. The van der Waals surface area contributed by atoms with Crippen molar-refractivity contribution in [1.82, 2.24) is 20.2 Å². The van der Waals surface area contributed by atoms with Gasteiger partial charge in [0.2, 0.25) is 0 Å². The van der Waals surface area contributed by atoms with Gasteiger partial charge in [-0.2, -0.15) is 0 Å². The number of nitrogens with zero attached hydrogens (tertiary/aromatic N) is 3. The molecule has 3 heterocycles. The third kappa shape index (κ3) is 4.94. The first-order valence-corrected chi connectivity index (χ1v) is 11.7. The molecule has 34 heavy (non-hydrogen) atoms. The molecule has 1 aliphatic heterocycles. The number of ether oxygens (including phenoxy) is 1. The molecule has 1 saturated heterocycles. The van der Waals surface area contributed by atoms with Crippen LogP contribution < -0.4 is 5.32 Å². The summed E-state index contributed by atoms with van der Waals surface area (Å²) in [6.45, 7) is 3.47. The summed E-state index contributed by atoms with van der Waals surface area (Å²) in [6.07, 6.45) is 3.45. The lowest BCUT2D eigenvalue weighted by Crippen LogP contribution is -2.43. The zero-order valence-electron chi connectivity index (χ0n) is 18.7. The normalized spacial score (nSPS) is 15.2. The Morgan fingerprint density at radius 2 is 1.76 bits per heavy atom. The van der Waals surface area contributed by atoms with Crippen LogP contribution in [0.2, 0.25) is 5.02 Å². The van der Waals surface area contributed by atoms with Crippen molar-refractivity contribution in [3.05, 3.63) is 95.3 Å². The summed E-state index contributed by atoms with van der Waals surface area (Å²) in [5, 5.41) is 4.71. The van der Waals surface area contributed by atoms with Crippen molar-refractivity contribution in [3.63, 3.8) is 0 Å². The molecule has 0 saturated carbocycles. The maximum absolute atomic E-state index is 13.5. The summed E-state index contributed by atoms with van der Waals surface area (Å²) in [6, 6.07) is 21.2. The van der Waals surface area contributed by atoms with Crippen LogP contribution >= 0.6 is 11.6 Å². The molecule has 7 heteroatoms. The molecule has 0 spiro atoms. The molecule has 0 radical (unpaired) electrons. The smallest absolute Gasteiger partial charge is 0.252 e. The Kier molecular flexibility index (Phi) is 6.81. The molecule has 0 bridgehead atoms. The summed E-state index contributed by atoms with van der Waals surface area (Å²) < 4.78 is 5.54. The van der Waals surface area contributed by atoms with Crippen molar-refractivity contribution < 1.29 is 9.53 Å². The third-order valence-electron chi connectivity index (χ3n) is 6.13. The molecule has 172 valence electrons. The van der Waals surface area contributed by atoms with Crippen LogP contribution in [0.3, 0.4) is 0 Å². The minimum atomic E-state index is -0.124. The minimum absolute atomic E-state index is 0.0258. The number of morpholine rings is 1. The number of aromatic nitrogens is 2. The van der Waals surface area contributed by atoms with Gasteiger partial charge in [-0.15, -0.1) is 0 Å². The fourth-order valence-corrected chi connectivity index (χ4v) is 4.48. The Labute approximate surface area is 203 Å². The molecular weight excluding hydrogens is 448 g/mol. The van der Waals surface area contributed by atoms with E-state index in [9.17, 15) is 4.79 Å². The maximum atomic E-state index is 13.5. The highest BCUT2D eigenvalue weighted by Crippen LogP contribution is 2.26. The molecule has 6 nitrogen and oxygen atoms in total. The standard InChI is InChI=1S/C27H25ClN4O2/c28-21-7-5-20(6-8-21)26(32-13-15-34-16-14-32)18-30-27(33)23-17-25(19-9-11-29-12-10-19)31-24-4-2-1-3-22(23)24/h1-12,17,26H,13-16,18H2,(H,30,33). The molecule has 1 N–H and O–H groups in total. The van der Waals surface area contributed by atoms with Crippen LogP contribution in [-0.2, 0) is 4.74 Å². The summed E-state index contributed by atoms with van der Waals surface area (Å²) in [7, 11) is 0. The van der Waals surface area contributed by atoms with Crippen LogP contribution in [0.4, 0.5) is 0 Å². The minimum Gasteiger partial charge on any atom is -0.379 e. The molecule has 1 fully saturated rings. The number of rotatable bonds is 6. The molecule has 4 aromatic rings. The lowest BCUT2D eigenvalue weighted by atomic mass is 10.0. The predicted molar refractivity (Wildman–Crippen MR) is 134 cm³/mol. The molecule has 1 amide bonds. The van der Waals surface area contributed by atoms with Crippen molar-refractivity contribution in [3.8, 4) is 11.3 Å². The Morgan fingerprint density at radius 3 is 2.53 bits per heavy atom. The van der Waals surface area contributed by atoms with Gasteiger partial charge in [0, 0.05) is 48.0 Å². The van der Waals surface area contributed by atoms with E-state index in [-0.39, 0.29) is 11.9 Å². The fourth-order valence-electron chi connectivity index (χ4n) is 4.35. The number of benzene rings is 2. The first-order valence-electron chi connectivity index (χ1n) is 11.3. The Hall–Kier alpha value is -3.32. The van der Waals surface area contributed by atoms with Gasteiger partial charge >= 0.3 is 0 Å². The van der Waals surface area contributed by atoms with E-state index in [0.29, 0.717) is 30.3 Å². The van der Waals surface area contributed by atoms with Crippen LogP contribution in [0, 0.1) is 0 Å². The van der Waals surface area contributed by atoms with Crippen molar-refractivity contribution in [2.75, 3.05) is 32.8 Å². The SMILES string of the molecule is O=C(NCC(c1ccc(Cl)cc1)N1CCOCC1)c1cc(-c2ccncc2)nc2ccccc12. The number of hydrogen-bond donors (Lipinski definition) is 1. The fraction of sp³-hybridized carbons (Fsp3) is 0.222. The van der Waals surface area contributed by atoms with E-state index < -0.39 is 0 Å². The van der Waals surface area contributed by atoms with Crippen LogP contribution in [0.5, 0.6) is 0 Å². The molecule has 1 unspecified atom stereocenters. The second kappa shape index (κ2) is 10.3. The van der Waals surface area contributed by atoms with E-state index in [1.807, 2.05) is 66.7 Å². The highest BCUT2D eigenvalue weighted by Gasteiger charge is 2.24. The van der Waals surface area contributed by atoms with E-state index >= 15 is 0 Å². The van der Waals surface area contributed by atoms with E-state index in [1.54, 1.807) is 12.4 Å². The largest absolute Gasteiger partial charge is 0.379 e. The van der Waals surface area contributed by atoms with Gasteiger partial charge in [0.25, 0.3) is 5.91 Å². The number of para-hydroxylation sites is 1. The molecule has 5 rings (SSSR count). The zero-order valence-corrected chi connectivity index (χ0v) is 19.4. The lowest BCUT2D eigenvalue weighted by molar-refractivity contribution is 0.0162. The van der Waals surface area contributed by atoms with Gasteiger partial charge < -0.3 is 10.1 Å². The van der Waals surface area contributed by atoms with Gasteiger partial charge in [0.05, 0.1) is 36.0 Å². The molecule has 1 aliphatic rings. The lowest BCUT2D eigenvalue weighted by Gasteiger charge is -2.35. The highest BCUT2D eigenvalue weighted by atomic mass is 35.5. The number of pyridine rings is 2. The van der Waals surface area contributed by atoms with Crippen LogP contribution in [0.1, 0.15) is 22.0 Å². The highest BCUT2D eigenvalue weighted by molar-refractivity contribution is 6.30. The first kappa shape index (κ1) is 22.5. The molecular formula is C27H25ClN4O2. The zero-order chi connectivity index (χ0) is 23.3. The van der Waals surface area contributed by atoms with Crippen molar-refractivity contribution >= 4 is 28.4 Å². The van der Waals surface area contributed by atoms with Crippen molar-refractivity contribution in [2.24, 2.45) is 0 Å². The average molecular weight is 473 g/mol. The summed E-state index contributed by atoms with van der Waals surface area (Å²) in [4.78, 5) is 24.7. The summed E-state index contributed by atoms with van der Waals surface area (Å²) in [5.41, 5.74) is 4.16. The monoisotopic (exact) mass is 472 g/mol. The van der Waals surface area contributed by atoms with Gasteiger partial charge in [-0.3, -0.25) is 14.7 Å². The Morgan fingerprint density at radius 1 is 1.03 bits per heavy atom. The van der Waals surface area contributed by atoms with Crippen molar-refractivity contribution in [2.45, 2.75) is 6.04 Å². The topological polar surface area (TPSA) is 67.4 Å². The molecule has 2 aromatic carbocycles. The number of nitrogens with one attached hydrogen (secondary N) is 1. The number of carbonyl (C=O) groups is 1. The average Bonchev–Trinajstić information content (AvgIpc) is 2.90. The van der Waals surface area contributed by atoms with Gasteiger partial charge in [-0.1, -0.05) is 41.9 Å². The van der Waals surface area contributed by atoms with Crippen LogP contribution in [0.15, 0.2) is 79.1 Å². The van der Waals surface area contributed by atoms with Crippen LogP contribution in [-0.4, -0.2) is 53.6 Å². The number of fused-ring (bicyclic) bond motifs is 1. The van der Waals surface area contributed by atoms with Gasteiger partial charge in [0.1, 0.15) is 0 Å². The second-order valence-corrected chi connectivity index (χ2v) is 8.67. The third-order valence-corrected chi connectivity index (χ3v) is 6.39. The van der Waals surface area contributed by atoms with Gasteiger partial charge in [0.15, 0.2) is 0 Å². The van der Waals surface area contributed by atoms with E-state index in [1.165, 1.54) is 0 Å². The first-order chi connectivity index (χ1) is 16.7. The van der Waals surface area contributed by atoms with Crippen LogP contribution in [0.25, 0.3) is 22.2 Å². The van der Waals surface area contributed by atoms with E-state index in [0.717, 1.165) is 40.8 Å². The number of carbonyl (C=O) groups excluding carboxylic acids is 1. The molecule has 0 aliphatic carbocycles. The summed E-state index contributed by atoms with van der Waals surface area (Å²) in [5.74, 6) is -0.124. The predicted octanol–water partition coefficient (Wildman–Crippen LogP) is 4.75. The van der Waals surface area contributed by atoms with Gasteiger partial charge in [-0.05, 0) is 42.0 Å². The van der Waals surface area contributed by atoms with Gasteiger partial charge in [-0.25, -0.2) is 4.98 Å². The van der Waals surface area contributed by atoms with Crippen molar-refractivity contribution in [1.29, 1.82) is 0 Å². The number of amides is 1. The summed E-state index contributed by atoms with van der Waals surface area (Å²) >= 11 is 6.12. The van der Waals surface area contributed by atoms with E-state index in [4.69, 9.17) is 21.3 Å². The number of halogens is 1. The quantitative estimate of drug-likeness (QED) is 0.438. The number of hydrogen-bond acceptors (Lipinski definition) is 5. The molecule has 2 aromatic heterocycles. The Balaban J connectivity index is 1.44. The molecule has 1 atom stereocenters.